The van der Waals surface area contributed by atoms with Crippen molar-refractivity contribution in [1.29, 1.82) is 0 Å². The Morgan fingerprint density at radius 3 is 3.11 bits per heavy atom. The van der Waals surface area contributed by atoms with E-state index in [2.05, 4.69) is 10.3 Å². The smallest absolute Gasteiger partial charge is 0.300 e. The third-order valence-corrected chi connectivity index (χ3v) is 3.40. The van der Waals surface area contributed by atoms with E-state index in [1.807, 2.05) is 6.92 Å². The molecule has 2 heterocycles. The maximum atomic E-state index is 11.3. The van der Waals surface area contributed by atoms with E-state index in [0.29, 0.717) is 5.92 Å². The fourth-order valence-electron chi connectivity index (χ4n) is 2.31. The van der Waals surface area contributed by atoms with Gasteiger partial charge in [0.2, 0.25) is 0 Å². The van der Waals surface area contributed by atoms with Gasteiger partial charge in [-0.25, -0.2) is 5.84 Å². The number of rotatable bonds is 4. The van der Waals surface area contributed by atoms with E-state index in [4.69, 9.17) is 15.4 Å². The summed E-state index contributed by atoms with van der Waals surface area (Å²) in [6.45, 7) is 4.67. The van der Waals surface area contributed by atoms with Crippen molar-refractivity contribution >= 4 is 5.91 Å². The molecule has 0 radical (unpaired) electrons. The lowest BCUT2D eigenvalue weighted by atomic mass is 10.1. The van der Waals surface area contributed by atoms with Crippen LogP contribution in [-0.4, -0.2) is 35.6 Å². The van der Waals surface area contributed by atoms with Crippen LogP contribution in [0, 0.1) is 12.8 Å². The topological polar surface area (TPSA) is 91.7 Å². The number of nitrogen functional groups attached to an aromatic ring is 1. The van der Waals surface area contributed by atoms with E-state index >= 15 is 0 Å². The lowest BCUT2D eigenvalue weighted by Gasteiger charge is -2.14. The number of aliphatic hydroxyl groups is 1. The molecule has 6 nitrogen and oxygen atoms in total. The number of hydrogen-bond acceptors (Lipinski definition) is 5. The molecule has 4 N–H and O–H groups in total. The second-order valence-electron chi connectivity index (χ2n) is 4.74. The van der Waals surface area contributed by atoms with Crippen LogP contribution in [0.25, 0.3) is 0 Å². The van der Waals surface area contributed by atoms with Gasteiger partial charge in [-0.1, -0.05) is 0 Å². The summed E-state index contributed by atoms with van der Waals surface area (Å²) >= 11 is 0. The Bertz CT molecular complexity index is 430. The Hall–Kier alpha value is -1.37. The number of aryl methyl sites for hydroxylation is 1. The molecule has 0 saturated carbocycles. The van der Waals surface area contributed by atoms with E-state index in [0.717, 1.165) is 37.4 Å². The van der Waals surface area contributed by atoms with Gasteiger partial charge in [-0.2, -0.15) is 0 Å². The SMILES string of the molecule is Cc1oc(C(=O)NN)cc1CN1CCC(CO)C1. The monoisotopic (exact) mass is 253 g/mol. The molecule has 1 fully saturated rings. The molecule has 6 heteroatoms. The molecule has 1 aliphatic heterocycles. The highest BCUT2D eigenvalue weighted by Gasteiger charge is 2.23. The Kier molecular flexibility index (Phi) is 4.00. The Labute approximate surface area is 106 Å². The second kappa shape index (κ2) is 5.51. The van der Waals surface area contributed by atoms with Crippen molar-refractivity contribution in [2.75, 3.05) is 19.7 Å². The molecular weight excluding hydrogens is 234 g/mol. The first-order valence-corrected chi connectivity index (χ1v) is 6.07. The molecule has 0 spiro atoms. The summed E-state index contributed by atoms with van der Waals surface area (Å²) < 4.78 is 5.36. The molecule has 2 rings (SSSR count). The Balaban J connectivity index is 2.01. The standard InChI is InChI=1S/C12H19N3O3/c1-8-10(4-11(18-8)12(17)14-13)6-15-3-2-9(5-15)7-16/h4,9,16H,2-3,5-7,13H2,1H3,(H,14,17). The van der Waals surface area contributed by atoms with Crippen molar-refractivity contribution in [3.8, 4) is 0 Å². The third-order valence-electron chi connectivity index (χ3n) is 3.40. The first-order chi connectivity index (χ1) is 8.63. The molecular formula is C12H19N3O3. The minimum absolute atomic E-state index is 0.238. The largest absolute Gasteiger partial charge is 0.456 e. The molecule has 0 bridgehead atoms. The van der Waals surface area contributed by atoms with Gasteiger partial charge in [-0.3, -0.25) is 15.1 Å². The van der Waals surface area contributed by atoms with Gasteiger partial charge in [0.25, 0.3) is 0 Å². The minimum Gasteiger partial charge on any atom is -0.456 e. The first-order valence-electron chi connectivity index (χ1n) is 6.07. The van der Waals surface area contributed by atoms with Crippen molar-refractivity contribution in [1.82, 2.24) is 10.3 Å². The zero-order chi connectivity index (χ0) is 13.1. The van der Waals surface area contributed by atoms with Crippen LogP contribution in [0.15, 0.2) is 10.5 Å². The fourth-order valence-corrected chi connectivity index (χ4v) is 2.31. The van der Waals surface area contributed by atoms with Crippen LogP contribution in [0.2, 0.25) is 0 Å². The number of nitrogens with two attached hydrogens (primary N) is 1. The molecule has 1 atom stereocenters. The van der Waals surface area contributed by atoms with Crippen molar-refractivity contribution in [2.24, 2.45) is 11.8 Å². The van der Waals surface area contributed by atoms with Gasteiger partial charge in [0.15, 0.2) is 5.76 Å². The maximum absolute atomic E-state index is 11.3. The van der Waals surface area contributed by atoms with Crippen LogP contribution >= 0.6 is 0 Å². The molecule has 0 aromatic carbocycles. The molecule has 18 heavy (non-hydrogen) atoms. The number of carbonyl (C=O) groups excluding carboxylic acids is 1. The summed E-state index contributed by atoms with van der Waals surface area (Å²) in [6, 6.07) is 1.73. The van der Waals surface area contributed by atoms with Gasteiger partial charge in [0.05, 0.1) is 0 Å². The lowest BCUT2D eigenvalue weighted by molar-refractivity contribution is 0.0924. The average molecular weight is 253 g/mol. The molecule has 1 saturated heterocycles. The van der Waals surface area contributed by atoms with Gasteiger partial charge >= 0.3 is 5.91 Å². The number of nitrogens with one attached hydrogen (secondary N) is 1. The van der Waals surface area contributed by atoms with E-state index in [1.165, 1.54) is 0 Å². The van der Waals surface area contributed by atoms with Gasteiger partial charge in [-0.05, 0) is 31.9 Å². The molecule has 0 aliphatic carbocycles. The van der Waals surface area contributed by atoms with Crippen LogP contribution in [0.3, 0.4) is 0 Å². The molecule has 1 aromatic rings. The van der Waals surface area contributed by atoms with Crippen LogP contribution in [-0.2, 0) is 6.54 Å². The lowest BCUT2D eigenvalue weighted by Crippen LogP contribution is -2.29. The zero-order valence-corrected chi connectivity index (χ0v) is 10.5. The van der Waals surface area contributed by atoms with Crippen LogP contribution in [0.1, 0.15) is 28.3 Å². The normalized spacial score (nSPS) is 20.3. The quantitative estimate of drug-likeness (QED) is 0.399. The summed E-state index contributed by atoms with van der Waals surface area (Å²) in [5.74, 6) is 5.99. The minimum atomic E-state index is -0.418. The second-order valence-corrected chi connectivity index (χ2v) is 4.74. The number of nitrogens with zero attached hydrogens (tertiary/aromatic N) is 1. The zero-order valence-electron chi connectivity index (χ0n) is 10.5. The molecule has 1 aromatic heterocycles. The number of aliphatic hydroxyl groups excluding tert-OH is 1. The molecule has 1 aliphatic rings. The van der Waals surface area contributed by atoms with Crippen molar-refractivity contribution < 1.29 is 14.3 Å². The van der Waals surface area contributed by atoms with Gasteiger partial charge < -0.3 is 9.52 Å². The van der Waals surface area contributed by atoms with Gasteiger partial charge in [0.1, 0.15) is 5.76 Å². The highest BCUT2D eigenvalue weighted by molar-refractivity contribution is 5.91. The van der Waals surface area contributed by atoms with Gasteiger partial charge in [0, 0.05) is 25.3 Å². The number of carbonyl (C=O) groups is 1. The predicted octanol–water partition coefficient (Wildman–Crippen LogP) is 0.00572. The van der Waals surface area contributed by atoms with Crippen molar-refractivity contribution in [3.63, 3.8) is 0 Å². The summed E-state index contributed by atoms with van der Waals surface area (Å²) in [5, 5.41) is 9.10. The summed E-state index contributed by atoms with van der Waals surface area (Å²) in [7, 11) is 0. The van der Waals surface area contributed by atoms with Crippen LogP contribution in [0.5, 0.6) is 0 Å². The average Bonchev–Trinajstić information content (AvgIpc) is 2.96. The summed E-state index contributed by atoms with van der Waals surface area (Å²) in [6.07, 6.45) is 1.02. The highest BCUT2D eigenvalue weighted by atomic mass is 16.4. The van der Waals surface area contributed by atoms with E-state index in [1.54, 1.807) is 6.07 Å². The van der Waals surface area contributed by atoms with E-state index in [-0.39, 0.29) is 12.4 Å². The number of furan rings is 1. The van der Waals surface area contributed by atoms with Crippen LogP contribution in [0.4, 0.5) is 0 Å². The number of hydrogen-bond donors (Lipinski definition) is 3. The maximum Gasteiger partial charge on any atom is 0.300 e. The number of amides is 1. The molecule has 1 unspecified atom stereocenters. The first kappa shape index (κ1) is 13.1. The highest BCUT2D eigenvalue weighted by Crippen LogP contribution is 2.21. The van der Waals surface area contributed by atoms with Crippen molar-refractivity contribution in [2.45, 2.75) is 19.9 Å². The van der Waals surface area contributed by atoms with Gasteiger partial charge in [-0.15, -0.1) is 0 Å². The number of likely N-dealkylation sites (tertiary alicyclic amines) is 1. The van der Waals surface area contributed by atoms with E-state index in [9.17, 15) is 4.79 Å². The van der Waals surface area contributed by atoms with Crippen LogP contribution < -0.4 is 11.3 Å². The third kappa shape index (κ3) is 2.72. The summed E-state index contributed by atoms with van der Waals surface area (Å²) in [4.78, 5) is 13.6. The Morgan fingerprint density at radius 1 is 1.72 bits per heavy atom. The number of hydrazine groups is 1. The molecule has 100 valence electrons. The molecule has 1 amide bonds. The van der Waals surface area contributed by atoms with E-state index < -0.39 is 5.91 Å². The predicted molar refractivity (Wildman–Crippen MR) is 65.6 cm³/mol. The summed E-state index contributed by atoms with van der Waals surface area (Å²) in [5.41, 5.74) is 3.05. The Morgan fingerprint density at radius 2 is 2.50 bits per heavy atom. The fraction of sp³-hybridized carbons (Fsp3) is 0.583. The van der Waals surface area contributed by atoms with Crippen molar-refractivity contribution in [3.05, 3.63) is 23.2 Å².